The van der Waals surface area contributed by atoms with E-state index in [1.165, 1.54) is 12.1 Å². The molecule has 0 atom stereocenters. The van der Waals surface area contributed by atoms with Crippen LogP contribution in [0.15, 0.2) is 24.3 Å². The van der Waals surface area contributed by atoms with Gasteiger partial charge in [0.05, 0.1) is 16.6 Å². The van der Waals surface area contributed by atoms with Crippen LogP contribution in [0.5, 0.6) is 0 Å². The lowest BCUT2D eigenvalue weighted by atomic mass is 9.89. The zero-order valence-corrected chi connectivity index (χ0v) is 13.8. The van der Waals surface area contributed by atoms with Gasteiger partial charge >= 0.3 is 6.18 Å². The first-order valence-corrected chi connectivity index (χ1v) is 7.99. The SMILES string of the molecule is CC1(C)Cc2c(-c3ccccc3C(F)(F)F)nc3[nH]nc(N)c3c2C1. The van der Waals surface area contributed by atoms with Crippen molar-refractivity contribution in [2.75, 3.05) is 5.73 Å². The second kappa shape index (κ2) is 4.97. The van der Waals surface area contributed by atoms with Crippen LogP contribution in [0.2, 0.25) is 0 Å². The third kappa shape index (κ3) is 2.45. The molecule has 2 heterocycles. The molecule has 1 aliphatic carbocycles. The van der Waals surface area contributed by atoms with E-state index in [4.69, 9.17) is 5.73 Å². The van der Waals surface area contributed by atoms with Gasteiger partial charge in [-0.2, -0.15) is 18.3 Å². The number of anilines is 1. The minimum Gasteiger partial charge on any atom is -0.382 e. The Balaban J connectivity index is 2.06. The van der Waals surface area contributed by atoms with Crippen LogP contribution < -0.4 is 5.73 Å². The molecule has 0 saturated carbocycles. The lowest BCUT2D eigenvalue weighted by Crippen LogP contribution is -2.10. The van der Waals surface area contributed by atoms with E-state index in [1.54, 1.807) is 6.07 Å². The van der Waals surface area contributed by atoms with Gasteiger partial charge < -0.3 is 5.73 Å². The van der Waals surface area contributed by atoms with Crippen molar-refractivity contribution in [2.45, 2.75) is 32.9 Å². The summed E-state index contributed by atoms with van der Waals surface area (Å²) in [4.78, 5) is 4.48. The molecule has 0 fully saturated rings. The van der Waals surface area contributed by atoms with Gasteiger partial charge in [0, 0.05) is 5.56 Å². The van der Waals surface area contributed by atoms with Crippen molar-refractivity contribution in [3.05, 3.63) is 41.0 Å². The highest BCUT2D eigenvalue weighted by molar-refractivity contribution is 5.93. The molecule has 4 nitrogen and oxygen atoms in total. The third-order valence-corrected chi connectivity index (χ3v) is 4.75. The number of nitrogens with zero attached hydrogens (tertiary/aromatic N) is 2. The number of fused-ring (bicyclic) bond motifs is 3. The largest absolute Gasteiger partial charge is 0.417 e. The lowest BCUT2D eigenvalue weighted by Gasteiger charge is -2.16. The van der Waals surface area contributed by atoms with E-state index >= 15 is 0 Å². The molecule has 3 aromatic rings. The first kappa shape index (κ1) is 15.9. The van der Waals surface area contributed by atoms with Crippen LogP contribution in [0.1, 0.15) is 30.5 Å². The van der Waals surface area contributed by atoms with Gasteiger partial charge in [0.2, 0.25) is 0 Å². The Morgan fingerprint density at radius 1 is 1.12 bits per heavy atom. The molecule has 1 aromatic carbocycles. The molecule has 0 bridgehead atoms. The molecule has 130 valence electrons. The molecule has 2 aromatic heterocycles. The van der Waals surface area contributed by atoms with Crippen LogP contribution in [0.25, 0.3) is 22.3 Å². The fourth-order valence-corrected chi connectivity index (χ4v) is 3.76. The lowest BCUT2D eigenvalue weighted by molar-refractivity contribution is -0.137. The van der Waals surface area contributed by atoms with Gasteiger partial charge in [0.1, 0.15) is 0 Å². The van der Waals surface area contributed by atoms with Crippen molar-refractivity contribution in [3.8, 4) is 11.3 Å². The molecule has 7 heteroatoms. The summed E-state index contributed by atoms with van der Waals surface area (Å²) in [6.45, 7) is 4.18. The fourth-order valence-electron chi connectivity index (χ4n) is 3.76. The minimum absolute atomic E-state index is 0.0655. The Bertz CT molecular complexity index is 986. The van der Waals surface area contributed by atoms with E-state index in [0.29, 0.717) is 23.6 Å². The number of nitrogen functional groups attached to an aromatic ring is 1. The summed E-state index contributed by atoms with van der Waals surface area (Å²) in [6, 6.07) is 5.56. The van der Waals surface area contributed by atoms with Crippen LogP contribution in [0, 0.1) is 5.41 Å². The Kier molecular flexibility index (Phi) is 3.17. The number of hydrogen-bond acceptors (Lipinski definition) is 3. The van der Waals surface area contributed by atoms with Crippen LogP contribution in [0.3, 0.4) is 0 Å². The van der Waals surface area contributed by atoms with Crippen LogP contribution >= 0.6 is 0 Å². The Morgan fingerprint density at radius 2 is 1.80 bits per heavy atom. The van der Waals surface area contributed by atoms with Crippen molar-refractivity contribution in [1.82, 2.24) is 15.2 Å². The molecule has 0 spiro atoms. The molecule has 0 radical (unpaired) electrons. The summed E-state index contributed by atoms with van der Waals surface area (Å²) in [7, 11) is 0. The highest BCUT2D eigenvalue weighted by atomic mass is 19.4. The van der Waals surface area contributed by atoms with Crippen LogP contribution in [0.4, 0.5) is 19.0 Å². The molecule has 1 aliphatic rings. The molecule has 0 aliphatic heterocycles. The Hall–Kier alpha value is -2.57. The number of aromatic amines is 1. The van der Waals surface area contributed by atoms with E-state index in [0.717, 1.165) is 29.0 Å². The predicted molar refractivity (Wildman–Crippen MR) is 89.9 cm³/mol. The number of nitrogens with two attached hydrogens (primary N) is 1. The van der Waals surface area contributed by atoms with Crippen LogP contribution in [-0.4, -0.2) is 15.2 Å². The van der Waals surface area contributed by atoms with E-state index in [2.05, 4.69) is 29.0 Å². The van der Waals surface area contributed by atoms with Crippen molar-refractivity contribution >= 4 is 16.9 Å². The monoisotopic (exact) mass is 346 g/mol. The zero-order valence-electron chi connectivity index (χ0n) is 13.8. The second-order valence-corrected chi connectivity index (χ2v) is 7.31. The maximum absolute atomic E-state index is 13.5. The molecular weight excluding hydrogens is 329 g/mol. The predicted octanol–water partition coefficient (Wildman–Crippen LogP) is 4.35. The fraction of sp³-hybridized carbons (Fsp3) is 0.333. The smallest absolute Gasteiger partial charge is 0.382 e. The number of alkyl halides is 3. The summed E-state index contributed by atoms with van der Waals surface area (Å²) < 4.78 is 40.5. The molecule has 0 saturated heterocycles. The average Bonchev–Trinajstić information content (AvgIpc) is 3.04. The molecule has 3 N–H and O–H groups in total. The van der Waals surface area contributed by atoms with Crippen molar-refractivity contribution in [3.63, 3.8) is 0 Å². The van der Waals surface area contributed by atoms with Gasteiger partial charge in [-0.15, -0.1) is 0 Å². The summed E-state index contributed by atoms with van der Waals surface area (Å²) >= 11 is 0. The molecule has 0 amide bonds. The van der Waals surface area contributed by atoms with Gasteiger partial charge in [0.25, 0.3) is 0 Å². The maximum Gasteiger partial charge on any atom is 0.417 e. The van der Waals surface area contributed by atoms with Crippen molar-refractivity contribution in [1.29, 1.82) is 0 Å². The molecule has 25 heavy (non-hydrogen) atoms. The first-order valence-electron chi connectivity index (χ1n) is 7.99. The van der Waals surface area contributed by atoms with Gasteiger partial charge in [-0.3, -0.25) is 5.10 Å². The average molecular weight is 346 g/mol. The number of rotatable bonds is 1. The number of aromatic nitrogens is 3. The summed E-state index contributed by atoms with van der Waals surface area (Å²) in [5.74, 6) is 0.340. The maximum atomic E-state index is 13.5. The Morgan fingerprint density at radius 3 is 2.52 bits per heavy atom. The second-order valence-electron chi connectivity index (χ2n) is 7.31. The number of pyridine rings is 1. The highest BCUT2D eigenvalue weighted by Crippen LogP contribution is 2.46. The summed E-state index contributed by atoms with van der Waals surface area (Å²) in [6.07, 6.45) is -3.06. The number of benzene rings is 1. The molecule has 4 rings (SSSR count). The number of halogens is 3. The van der Waals surface area contributed by atoms with Gasteiger partial charge in [-0.05, 0) is 35.4 Å². The van der Waals surface area contributed by atoms with Gasteiger partial charge in [-0.25, -0.2) is 4.98 Å². The van der Waals surface area contributed by atoms with E-state index in [1.807, 2.05) is 0 Å². The third-order valence-electron chi connectivity index (χ3n) is 4.75. The standard InChI is InChI=1S/C18H17F3N4/c1-17(2)7-10-11(8-17)14(23-16-13(10)15(22)24-25-16)9-5-3-4-6-12(9)18(19,20)21/h3-6H,7-8H2,1-2H3,(H3,22,23,24,25). The number of H-pyrrole nitrogens is 1. The Labute approximate surface area is 142 Å². The van der Waals surface area contributed by atoms with Crippen molar-refractivity contribution < 1.29 is 13.2 Å². The summed E-state index contributed by atoms with van der Waals surface area (Å²) in [5, 5.41) is 7.47. The molecular formula is C18H17F3N4. The molecule has 0 unspecified atom stereocenters. The first-order chi connectivity index (χ1) is 11.7. The van der Waals surface area contributed by atoms with E-state index in [9.17, 15) is 13.2 Å². The minimum atomic E-state index is -4.44. The van der Waals surface area contributed by atoms with Gasteiger partial charge in [0.15, 0.2) is 11.5 Å². The quantitative estimate of drug-likeness (QED) is 0.688. The van der Waals surface area contributed by atoms with Crippen molar-refractivity contribution in [2.24, 2.45) is 5.41 Å². The number of hydrogen-bond donors (Lipinski definition) is 2. The number of nitrogens with one attached hydrogen (secondary N) is 1. The topological polar surface area (TPSA) is 67.6 Å². The highest BCUT2D eigenvalue weighted by Gasteiger charge is 2.38. The van der Waals surface area contributed by atoms with E-state index < -0.39 is 11.7 Å². The van der Waals surface area contributed by atoms with E-state index in [-0.39, 0.29) is 11.0 Å². The van der Waals surface area contributed by atoms with Crippen LogP contribution in [-0.2, 0) is 19.0 Å². The summed E-state index contributed by atoms with van der Waals surface area (Å²) in [5.41, 5.74) is 7.90. The normalized spacial score (nSPS) is 16.4. The zero-order chi connectivity index (χ0) is 18.0. The van der Waals surface area contributed by atoms with Gasteiger partial charge in [-0.1, -0.05) is 32.0 Å².